The van der Waals surface area contributed by atoms with Gasteiger partial charge in [0.2, 0.25) is 10.2 Å². The third-order valence-electron chi connectivity index (χ3n) is 4.20. The third-order valence-corrected chi connectivity index (χ3v) is 6.77. The highest BCUT2D eigenvalue weighted by Gasteiger charge is 2.34. The predicted molar refractivity (Wildman–Crippen MR) is 104 cm³/mol. The summed E-state index contributed by atoms with van der Waals surface area (Å²) >= 11 is 0. The van der Waals surface area contributed by atoms with Crippen LogP contribution in [0.2, 0.25) is 0 Å². The first-order valence-corrected chi connectivity index (χ1v) is 9.95. The Bertz CT molecular complexity index is 643. The van der Waals surface area contributed by atoms with Crippen LogP contribution in [0, 0.1) is 0 Å². The lowest BCUT2D eigenvalue weighted by Crippen LogP contribution is -2.28. The summed E-state index contributed by atoms with van der Waals surface area (Å²) in [4.78, 5) is 25.2. The van der Waals surface area contributed by atoms with Crippen molar-refractivity contribution in [1.29, 1.82) is 0 Å². The van der Waals surface area contributed by atoms with Gasteiger partial charge >= 0.3 is 0 Å². The molecule has 0 saturated carbocycles. The van der Waals surface area contributed by atoms with Gasteiger partial charge in [0.1, 0.15) is 0 Å². The van der Waals surface area contributed by atoms with Gasteiger partial charge in [0.25, 0.3) is 0 Å². The van der Waals surface area contributed by atoms with E-state index < -0.39 is 10.8 Å². The van der Waals surface area contributed by atoms with E-state index in [1.54, 1.807) is 0 Å². The van der Waals surface area contributed by atoms with Crippen LogP contribution in [0.4, 0.5) is 0 Å². The van der Waals surface area contributed by atoms with Crippen molar-refractivity contribution in [3.63, 3.8) is 0 Å². The largest absolute Gasteiger partial charge is 0.285 e. The second-order valence-corrected chi connectivity index (χ2v) is 8.80. The maximum Gasteiger partial charge on any atom is 0.209 e. The molecule has 0 aliphatic heterocycles. The normalized spacial score (nSPS) is 12.0. The van der Waals surface area contributed by atoms with Gasteiger partial charge in [0, 0.05) is 0 Å². The van der Waals surface area contributed by atoms with E-state index in [1.807, 2.05) is 88.4 Å². The van der Waals surface area contributed by atoms with E-state index in [1.165, 1.54) is 0 Å². The maximum atomic E-state index is 12.6. The molecule has 0 bridgehead atoms. The van der Waals surface area contributed by atoms with Gasteiger partial charge in [0.05, 0.1) is 10.8 Å². The molecule has 2 aromatic carbocycles. The fourth-order valence-electron chi connectivity index (χ4n) is 2.23. The zero-order valence-electron chi connectivity index (χ0n) is 14.4. The first kappa shape index (κ1) is 18.8. The number of hydrogen-bond acceptors (Lipinski definition) is 4. The average molecular weight is 359 g/mol. The summed E-state index contributed by atoms with van der Waals surface area (Å²) in [5.41, 5.74) is 0.655. The van der Waals surface area contributed by atoms with Crippen molar-refractivity contribution < 1.29 is 9.59 Å². The zero-order chi connectivity index (χ0) is 17.8. The summed E-state index contributed by atoms with van der Waals surface area (Å²) in [6, 6.07) is 19.3. The quantitative estimate of drug-likeness (QED) is 0.688. The van der Waals surface area contributed by atoms with Gasteiger partial charge in [-0.2, -0.15) is 0 Å². The molecule has 0 N–H and O–H groups in total. The highest BCUT2D eigenvalue weighted by molar-refractivity contribution is 8.87. The molecule has 0 amide bonds. The van der Waals surface area contributed by atoms with Crippen molar-refractivity contribution in [3.05, 3.63) is 71.8 Å². The molecule has 2 aromatic rings. The van der Waals surface area contributed by atoms with Crippen molar-refractivity contribution >= 4 is 31.8 Å². The molecule has 126 valence electrons. The smallest absolute Gasteiger partial charge is 0.209 e. The van der Waals surface area contributed by atoms with Crippen molar-refractivity contribution in [2.75, 3.05) is 0 Å². The summed E-state index contributed by atoms with van der Waals surface area (Å²) in [6.45, 7) is 7.58. The highest BCUT2D eigenvalue weighted by Crippen LogP contribution is 2.39. The maximum absolute atomic E-state index is 12.6. The van der Waals surface area contributed by atoms with Crippen LogP contribution in [-0.2, 0) is 20.4 Å². The van der Waals surface area contributed by atoms with Crippen LogP contribution >= 0.6 is 21.6 Å². The summed E-state index contributed by atoms with van der Waals surface area (Å²) in [5, 5.41) is -0.0353. The summed E-state index contributed by atoms with van der Waals surface area (Å²) in [7, 11) is 2.07. The Kier molecular flexibility index (Phi) is 5.94. The van der Waals surface area contributed by atoms with Crippen LogP contribution in [-0.4, -0.2) is 10.2 Å². The SMILES string of the molecule is CC(C)(C(=O)SSC(=O)C(C)(C)c1ccccc1)c1ccccc1. The van der Waals surface area contributed by atoms with Crippen LogP contribution in [0.3, 0.4) is 0 Å². The Labute approximate surface area is 151 Å². The number of rotatable bonds is 4. The van der Waals surface area contributed by atoms with Gasteiger partial charge < -0.3 is 0 Å². The van der Waals surface area contributed by atoms with E-state index in [0.717, 1.165) is 32.7 Å². The number of carbonyl (C=O) groups is 2. The highest BCUT2D eigenvalue weighted by atomic mass is 33.1. The summed E-state index contributed by atoms with van der Waals surface area (Å²) < 4.78 is 0. The molecule has 0 aromatic heterocycles. The second-order valence-electron chi connectivity index (χ2n) is 6.72. The van der Waals surface area contributed by atoms with Gasteiger partial charge in [-0.1, -0.05) is 60.7 Å². The first-order valence-electron chi connectivity index (χ1n) is 7.80. The third kappa shape index (κ3) is 4.11. The molecule has 0 fully saturated rings. The number of hydrogen-bond donors (Lipinski definition) is 0. The van der Waals surface area contributed by atoms with E-state index in [2.05, 4.69) is 0 Å². The van der Waals surface area contributed by atoms with Gasteiger partial charge in [-0.3, -0.25) is 9.59 Å². The summed E-state index contributed by atoms with van der Waals surface area (Å²) in [5.74, 6) is 0. The lowest BCUT2D eigenvalue weighted by Gasteiger charge is -2.25. The topological polar surface area (TPSA) is 34.1 Å². The van der Waals surface area contributed by atoms with E-state index in [4.69, 9.17) is 0 Å². The lowest BCUT2D eigenvalue weighted by atomic mass is 9.86. The standard InChI is InChI=1S/C20H22O2S2/c1-19(2,15-11-7-5-8-12-15)17(21)23-24-18(22)20(3,4)16-13-9-6-10-14-16/h5-14H,1-4H3. The van der Waals surface area contributed by atoms with Crippen LogP contribution in [0.15, 0.2) is 60.7 Å². The molecule has 0 radical (unpaired) electrons. The molecule has 0 saturated heterocycles. The molecule has 2 rings (SSSR count). The molecule has 2 nitrogen and oxygen atoms in total. The minimum atomic E-state index is -0.629. The summed E-state index contributed by atoms with van der Waals surface area (Å²) in [6.07, 6.45) is 0. The van der Waals surface area contributed by atoms with Crippen molar-refractivity contribution in [1.82, 2.24) is 0 Å². The lowest BCUT2D eigenvalue weighted by molar-refractivity contribution is -0.115. The first-order chi connectivity index (χ1) is 11.3. The van der Waals surface area contributed by atoms with Gasteiger partial charge in [-0.15, -0.1) is 0 Å². The van der Waals surface area contributed by atoms with E-state index >= 15 is 0 Å². The molecular weight excluding hydrogens is 336 g/mol. The van der Waals surface area contributed by atoms with Crippen LogP contribution in [0.1, 0.15) is 38.8 Å². The Morgan fingerprint density at radius 2 is 0.917 bits per heavy atom. The van der Waals surface area contributed by atoms with Gasteiger partial charge in [-0.25, -0.2) is 0 Å². The van der Waals surface area contributed by atoms with Crippen molar-refractivity contribution in [3.8, 4) is 0 Å². The molecule has 0 atom stereocenters. The van der Waals surface area contributed by atoms with Crippen LogP contribution in [0.5, 0.6) is 0 Å². The average Bonchev–Trinajstić information content (AvgIpc) is 2.60. The Hall–Kier alpha value is -1.52. The van der Waals surface area contributed by atoms with Crippen LogP contribution < -0.4 is 0 Å². The van der Waals surface area contributed by atoms with Crippen molar-refractivity contribution in [2.45, 2.75) is 38.5 Å². The Morgan fingerprint density at radius 1 is 0.625 bits per heavy atom. The number of carbonyl (C=O) groups excluding carboxylic acids is 2. The molecule has 24 heavy (non-hydrogen) atoms. The van der Waals surface area contributed by atoms with Crippen LogP contribution in [0.25, 0.3) is 0 Å². The fraction of sp³-hybridized carbons (Fsp3) is 0.300. The van der Waals surface area contributed by atoms with E-state index in [9.17, 15) is 9.59 Å². The Balaban J connectivity index is 2.05. The monoisotopic (exact) mass is 358 g/mol. The zero-order valence-corrected chi connectivity index (χ0v) is 16.0. The molecule has 0 spiro atoms. The molecule has 0 aliphatic carbocycles. The van der Waals surface area contributed by atoms with E-state index in [-0.39, 0.29) is 10.2 Å². The second kappa shape index (κ2) is 7.58. The molecule has 0 unspecified atom stereocenters. The molecule has 0 heterocycles. The fourth-order valence-corrected chi connectivity index (χ4v) is 4.74. The van der Waals surface area contributed by atoms with Gasteiger partial charge in [0.15, 0.2) is 0 Å². The van der Waals surface area contributed by atoms with E-state index in [0.29, 0.717) is 0 Å². The Morgan fingerprint density at radius 3 is 1.21 bits per heavy atom. The molecule has 0 aliphatic rings. The van der Waals surface area contributed by atoms with Crippen molar-refractivity contribution in [2.24, 2.45) is 0 Å². The number of benzene rings is 2. The molecular formula is C20H22O2S2. The predicted octanol–water partition coefficient (Wildman–Crippen LogP) is 5.38. The molecule has 4 heteroatoms. The van der Waals surface area contributed by atoms with Gasteiger partial charge in [-0.05, 0) is 60.4 Å². The minimum Gasteiger partial charge on any atom is -0.285 e. The minimum absolute atomic E-state index is 0.0177.